The lowest BCUT2D eigenvalue weighted by molar-refractivity contribution is 0.322. The van der Waals surface area contributed by atoms with Gasteiger partial charge in [-0.05, 0) is 12.1 Å². The van der Waals surface area contributed by atoms with E-state index < -0.39 is 9.84 Å². The number of sulfone groups is 1. The summed E-state index contributed by atoms with van der Waals surface area (Å²) in [6, 6.07) is 7.98. The molecule has 0 saturated carbocycles. The minimum atomic E-state index is -3.65. The van der Waals surface area contributed by atoms with Crippen molar-refractivity contribution in [3.05, 3.63) is 41.4 Å². The molecule has 0 aliphatic rings. The minimum Gasteiger partial charge on any atom is -0.411 e. The number of nitrogens with zero attached hydrogens (tertiary/aromatic N) is 2. The monoisotopic (exact) mass is 254 g/mol. The molecule has 0 aliphatic heterocycles. The Labute approximate surface area is 101 Å². The van der Waals surface area contributed by atoms with Crippen molar-refractivity contribution in [3.8, 4) is 0 Å². The van der Waals surface area contributed by atoms with Crippen molar-refractivity contribution in [3.63, 3.8) is 0 Å². The summed E-state index contributed by atoms with van der Waals surface area (Å²) < 4.78 is 24.3. The standard InChI is InChI=1S/C11H14N2O3S/c1-13(2)9-11(8-12-14)17(15,16)10-6-4-3-5-7-10/h3-9,14H,1-2H3/b11-9+,12-8+. The maximum Gasteiger partial charge on any atom is 0.209 e. The zero-order chi connectivity index (χ0) is 12.9. The molecule has 0 atom stereocenters. The van der Waals surface area contributed by atoms with Crippen molar-refractivity contribution >= 4 is 16.1 Å². The minimum absolute atomic E-state index is 0.0730. The normalized spacial score (nSPS) is 12.9. The maximum atomic E-state index is 12.2. The molecule has 17 heavy (non-hydrogen) atoms. The first-order chi connectivity index (χ1) is 7.98. The van der Waals surface area contributed by atoms with Crippen LogP contribution in [0.25, 0.3) is 0 Å². The van der Waals surface area contributed by atoms with E-state index in [-0.39, 0.29) is 9.80 Å². The molecule has 1 N–H and O–H groups in total. The zero-order valence-corrected chi connectivity index (χ0v) is 10.4. The van der Waals surface area contributed by atoms with E-state index in [1.54, 1.807) is 37.2 Å². The third-order valence-corrected chi connectivity index (χ3v) is 3.66. The summed E-state index contributed by atoms with van der Waals surface area (Å²) in [6.45, 7) is 0. The van der Waals surface area contributed by atoms with Crippen molar-refractivity contribution in [2.45, 2.75) is 4.90 Å². The van der Waals surface area contributed by atoms with Gasteiger partial charge in [0, 0.05) is 20.3 Å². The lowest BCUT2D eigenvalue weighted by Gasteiger charge is -2.09. The lowest BCUT2D eigenvalue weighted by atomic mass is 10.4. The van der Waals surface area contributed by atoms with Crippen molar-refractivity contribution in [1.29, 1.82) is 0 Å². The lowest BCUT2D eigenvalue weighted by Crippen LogP contribution is -2.11. The van der Waals surface area contributed by atoms with Crippen LogP contribution >= 0.6 is 0 Å². The molecular formula is C11H14N2O3S. The largest absolute Gasteiger partial charge is 0.411 e. The van der Waals surface area contributed by atoms with Crippen molar-refractivity contribution in [1.82, 2.24) is 4.90 Å². The van der Waals surface area contributed by atoms with Gasteiger partial charge in [-0.1, -0.05) is 23.4 Å². The molecule has 0 unspecified atom stereocenters. The molecule has 0 bridgehead atoms. The Bertz CT molecular complexity index is 519. The van der Waals surface area contributed by atoms with Gasteiger partial charge in [0.25, 0.3) is 0 Å². The molecule has 0 amide bonds. The van der Waals surface area contributed by atoms with Gasteiger partial charge in [-0.25, -0.2) is 8.42 Å². The second kappa shape index (κ2) is 5.49. The van der Waals surface area contributed by atoms with Gasteiger partial charge in [0.2, 0.25) is 9.84 Å². The predicted octanol–water partition coefficient (Wildman–Crippen LogP) is 1.32. The number of allylic oxidation sites excluding steroid dienone is 1. The van der Waals surface area contributed by atoms with Crippen LogP contribution in [0.3, 0.4) is 0 Å². The highest BCUT2D eigenvalue weighted by molar-refractivity contribution is 7.96. The molecule has 1 rings (SSSR count). The van der Waals surface area contributed by atoms with Gasteiger partial charge in [0.1, 0.15) is 4.91 Å². The van der Waals surface area contributed by atoms with Gasteiger partial charge in [-0.15, -0.1) is 0 Å². The van der Waals surface area contributed by atoms with Gasteiger partial charge < -0.3 is 10.1 Å². The third-order valence-electron chi connectivity index (χ3n) is 1.93. The van der Waals surface area contributed by atoms with Gasteiger partial charge in [0.05, 0.1) is 11.1 Å². The van der Waals surface area contributed by atoms with Gasteiger partial charge in [0.15, 0.2) is 0 Å². The van der Waals surface area contributed by atoms with Crippen LogP contribution in [0, 0.1) is 0 Å². The molecule has 5 nitrogen and oxygen atoms in total. The Morgan fingerprint density at radius 2 is 1.88 bits per heavy atom. The van der Waals surface area contributed by atoms with Gasteiger partial charge in [-0.3, -0.25) is 0 Å². The van der Waals surface area contributed by atoms with Crippen LogP contribution in [0.5, 0.6) is 0 Å². The smallest absolute Gasteiger partial charge is 0.209 e. The Hall–Kier alpha value is -1.82. The fourth-order valence-electron chi connectivity index (χ4n) is 1.22. The summed E-state index contributed by atoms with van der Waals surface area (Å²) in [7, 11) is -0.276. The van der Waals surface area contributed by atoms with Crippen LogP contribution in [0.15, 0.2) is 51.5 Å². The molecule has 0 aliphatic carbocycles. The molecular weight excluding hydrogens is 240 g/mol. The number of benzene rings is 1. The van der Waals surface area contributed by atoms with Crippen LogP contribution in [0.1, 0.15) is 0 Å². The third kappa shape index (κ3) is 3.32. The van der Waals surface area contributed by atoms with Crippen LogP contribution in [-0.2, 0) is 9.84 Å². The zero-order valence-electron chi connectivity index (χ0n) is 9.61. The van der Waals surface area contributed by atoms with Crippen LogP contribution in [-0.4, -0.2) is 38.8 Å². The first kappa shape index (κ1) is 13.2. The number of oxime groups is 1. The molecule has 1 aromatic carbocycles. The highest BCUT2D eigenvalue weighted by Gasteiger charge is 2.19. The van der Waals surface area contributed by atoms with Crippen LogP contribution < -0.4 is 0 Å². The molecule has 0 heterocycles. The topological polar surface area (TPSA) is 70.0 Å². The highest BCUT2D eigenvalue weighted by atomic mass is 32.2. The van der Waals surface area contributed by atoms with Crippen molar-refractivity contribution in [2.75, 3.05) is 14.1 Å². The SMILES string of the molecule is CN(C)/C=C(\C=N\O)S(=O)(=O)c1ccccc1. The average molecular weight is 254 g/mol. The number of hydrogen-bond acceptors (Lipinski definition) is 5. The van der Waals surface area contributed by atoms with E-state index in [4.69, 9.17) is 5.21 Å². The van der Waals surface area contributed by atoms with Crippen LogP contribution in [0.2, 0.25) is 0 Å². The Morgan fingerprint density at radius 1 is 1.29 bits per heavy atom. The van der Waals surface area contributed by atoms with E-state index in [2.05, 4.69) is 5.16 Å². The Balaban J connectivity index is 3.29. The van der Waals surface area contributed by atoms with Crippen molar-refractivity contribution in [2.24, 2.45) is 5.16 Å². The van der Waals surface area contributed by atoms with E-state index in [1.165, 1.54) is 18.3 Å². The summed E-state index contributed by atoms with van der Waals surface area (Å²) >= 11 is 0. The summed E-state index contributed by atoms with van der Waals surface area (Å²) in [6.07, 6.45) is 2.28. The van der Waals surface area contributed by atoms with Gasteiger partial charge in [-0.2, -0.15) is 0 Å². The Kier molecular flexibility index (Phi) is 4.28. The first-order valence-electron chi connectivity index (χ1n) is 4.84. The van der Waals surface area contributed by atoms with E-state index in [0.717, 1.165) is 6.21 Å². The summed E-state index contributed by atoms with van der Waals surface area (Å²) in [5.74, 6) is 0. The summed E-state index contributed by atoms with van der Waals surface area (Å²) in [5.41, 5.74) is 0. The maximum absolute atomic E-state index is 12.2. The van der Waals surface area contributed by atoms with Crippen molar-refractivity contribution < 1.29 is 13.6 Å². The van der Waals surface area contributed by atoms with E-state index in [1.807, 2.05) is 0 Å². The first-order valence-corrected chi connectivity index (χ1v) is 6.32. The molecule has 0 spiro atoms. The quantitative estimate of drug-likeness (QED) is 0.500. The van der Waals surface area contributed by atoms with E-state index in [9.17, 15) is 8.42 Å². The molecule has 1 aromatic rings. The predicted molar refractivity (Wildman–Crippen MR) is 65.7 cm³/mol. The molecule has 92 valence electrons. The summed E-state index contributed by atoms with van der Waals surface area (Å²) in [5, 5.41) is 11.3. The molecule has 0 fully saturated rings. The van der Waals surface area contributed by atoms with E-state index in [0.29, 0.717) is 0 Å². The van der Waals surface area contributed by atoms with Gasteiger partial charge >= 0.3 is 0 Å². The summed E-state index contributed by atoms with van der Waals surface area (Å²) in [4.78, 5) is 1.65. The highest BCUT2D eigenvalue weighted by Crippen LogP contribution is 2.17. The number of hydrogen-bond donors (Lipinski definition) is 1. The second-order valence-electron chi connectivity index (χ2n) is 3.56. The number of rotatable bonds is 4. The van der Waals surface area contributed by atoms with Crippen LogP contribution in [0.4, 0.5) is 0 Å². The fraction of sp³-hybridized carbons (Fsp3) is 0.182. The molecule has 0 saturated heterocycles. The molecule has 0 radical (unpaired) electrons. The Morgan fingerprint density at radius 3 is 2.35 bits per heavy atom. The average Bonchev–Trinajstić information content (AvgIpc) is 2.29. The fourth-order valence-corrected chi connectivity index (χ4v) is 2.54. The second-order valence-corrected chi connectivity index (χ2v) is 5.51. The molecule has 6 heteroatoms. The van der Waals surface area contributed by atoms with E-state index >= 15 is 0 Å². The molecule has 0 aromatic heterocycles.